The van der Waals surface area contributed by atoms with Crippen molar-refractivity contribution in [2.75, 3.05) is 31.2 Å². The van der Waals surface area contributed by atoms with Crippen molar-refractivity contribution in [3.63, 3.8) is 0 Å². The zero-order chi connectivity index (χ0) is 20.2. The molecule has 29 heavy (non-hydrogen) atoms. The van der Waals surface area contributed by atoms with Crippen molar-refractivity contribution in [1.82, 2.24) is 19.9 Å². The number of benzene rings is 1. The number of hydrogen-bond donors (Lipinski definition) is 0. The summed E-state index contributed by atoms with van der Waals surface area (Å²) in [7, 11) is 0. The number of rotatable bonds is 2. The molecule has 0 saturated carbocycles. The van der Waals surface area contributed by atoms with E-state index in [4.69, 9.17) is 48.9 Å². The van der Waals surface area contributed by atoms with Gasteiger partial charge in [0.05, 0.1) is 30.5 Å². The molecule has 0 atom stereocenters. The molecule has 4 aromatic rings. The highest BCUT2D eigenvalue weighted by Crippen LogP contribution is 2.29. The predicted octanol–water partition coefficient (Wildman–Crippen LogP) is 4.66. The van der Waals surface area contributed by atoms with Crippen LogP contribution in [0.1, 0.15) is 0 Å². The molecule has 3 aromatic heterocycles. The summed E-state index contributed by atoms with van der Waals surface area (Å²) in [5.41, 5.74) is 3.77. The van der Waals surface area contributed by atoms with Crippen LogP contribution in [0.4, 0.5) is 5.82 Å². The van der Waals surface area contributed by atoms with E-state index in [-0.39, 0.29) is 0 Å². The van der Waals surface area contributed by atoms with Crippen LogP contribution >= 0.6 is 34.8 Å². The van der Waals surface area contributed by atoms with Gasteiger partial charge >= 0.3 is 0 Å². The van der Waals surface area contributed by atoms with Crippen LogP contribution < -0.4 is 4.90 Å². The highest BCUT2D eigenvalue weighted by atomic mass is 35.6. The highest BCUT2D eigenvalue weighted by Gasteiger charge is 2.17. The van der Waals surface area contributed by atoms with Gasteiger partial charge in [-0.1, -0.05) is 34.8 Å². The smallest absolute Gasteiger partial charge is 0.228 e. The van der Waals surface area contributed by atoms with E-state index in [1.807, 2.05) is 24.3 Å². The normalized spacial score (nSPS) is 14.3. The molecular weight excluding hydrogens is 437 g/mol. The van der Waals surface area contributed by atoms with Crippen molar-refractivity contribution >= 4 is 62.8 Å². The number of oxazole rings is 1. The molecule has 0 N–H and O–H groups in total. The van der Waals surface area contributed by atoms with Crippen LogP contribution in [0, 0.1) is 0 Å². The van der Waals surface area contributed by atoms with Crippen LogP contribution in [0.3, 0.4) is 0 Å². The summed E-state index contributed by atoms with van der Waals surface area (Å²) in [6.07, 6.45) is 5.26. The monoisotopic (exact) mass is 451 g/mol. The molecule has 0 spiro atoms. The number of pyridine rings is 1. The number of nitrogens with zero attached hydrogens (tertiary/aromatic N) is 5. The van der Waals surface area contributed by atoms with E-state index in [1.165, 1.54) is 0 Å². The summed E-state index contributed by atoms with van der Waals surface area (Å²) in [5.74, 6) is 1.37. The predicted molar refractivity (Wildman–Crippen MR) is 115 cm³/mol. The lowest BCUT2D eigenvalue weighted by molar-refractivity contribution is 0.122. The maximum absolute atomic E-state index is 6.01. The lowest BCUT2D eigenvalue weighted by Gasteiger charge is -2.27. The Hall–Kier alpha value is -2.19. The molecule has 0 aliphatic carbocycles. The van der Waals surface area contributed by atoms with Crippen LogP contribution in [-0.4, -0.2) is 50.5 Å². The molecule has 5 rings (SSSR count). The second-order valence-electron chi connectivity index (χ2n) is 6.12. The molecule has 1 saturated heterocycles. The van der Waals surface area contributed by atoms with Gasteiger partial charge in [0.15, 0.2) is 9.88 Å². The van der Waals surface area contributed by atoms with Gasteiger partial charge in [-0.15, -0.1) is 0 Å². The fourth-order valence-corrected chi connectivity index (χ4v) is 3.01. The molecule has 1 aliphatic rings. The molecule has 0 unspecified atom stereocenters. The third-order valence-corrected chi connectivity index (χ3v) is 4.30. The van der Waals surface area contributed by atoms with Gasteiger partial charge in [0.2, 0.25) is 5.89 Å². The summed E-state index contributed by atoms with van der Waals surface area (Å²) in [6, 6.07) is 7.61. The SMILES string of the molecule is ClC(Cl)Cl.c1cncc(-c2nc3ccc4ncc(N5CCOCC5)nc4c3o2)c1. The average molecular weight is 453 g/mol. The Labute approximate surface area is 181 Å². The van der Waals surface area contributed by atoms with Crippen molar-refractivity contribution in [3.8, 4) is 11.5 Å². The van der Waals surface area contributed by atoms with Gasteiger partial charge in [0.25, 0.3) is 0 Å². The Kier molecular flexibility index (Phi) is 6.30. The number of aromatic nitrogens is 4. The van der Waals surface area contributed by atoms with Crippen LogP contribution in [0.15, 0.2) is 47.3 Å². The highest BCUT2D eigenvalue weighted by molar-refractivity contribution is 6.63. The Bertz CT molecular complexity index is 1100. The van der Waals surface area contributed by atoms with E-state index >= 15 is 0 Å². The largest absolute Gasteiger partial charge is 0.434 e. The maximum atomic E-state index is 6.01. The molecule has 0 radical (unpaired) electrons. The maximum Gasteiger partial charge on any atom is 0.228 e. The lowest BCUT2D eigenvalue weighted by Crippen LogP contribution is -2.36. The third kappa shape index (κ3) is 4.70. The standard InChI is InChI=1S/C18H15N5O2.CHCl3/c1-2-12(10-19-5-1)18-21-14-4-3-13-16(17(14)25-18)22-15(11-20-13)23-6-8-24-9-7-23;2-1(3)4/h1-5,10-11H,6-9H2;1H. The molecular formula is C19H16Cl3N5O2. The van der Waals surface area contributed by atoms with E-state index in [2.05, 4.69) is 19.9 Å². The number of anilines is 1. The Morgan fingerprint density at radius 2 is 1.72 bits per heavy atom. The summed E-state index contributed by atoms with van der Waals surface area (Å²) < 4.78 is 10.7. The molecule has 10 heteroatoms. The van der Waals surface area contributed by atoms with Gasteiger partial charge in [-0.05, 0) is 24.3 Å². The fourth-order valence-electron chi connectivity index (χ4n) is 3.01. The topological polar surface area (TPSA) is 77.2 Å². The van der Waals surface area contributed by atoms with Crippen molar-refractivity contribution in [2.24, 2.45) is 0 Å². The number of hydrogen-bond acceptors (Lipinski definition) is 7. The van der Waals surface area contributed by atoms with Gasteiger partial charge in [0.1, 0.15) is 16.9 Å². The van der Waals surface area contributed by atoms with Crippen LogP contribution in [0.5, 0.6) is 0 Å². The zero-order valence-corrected chi connectivity index (χ0v) is 17.4. The second-order valence-corrected chi connectivity index (χ2v) is 8.10. The molecule has 7 nitrogen and oxygen atoms in total. The molecule has 150 valence electrons. The van der Waals surface area contributed by atoms with Gasteiger partial charge in [0, 0.05) is 25.5 Å². The van der Waals surface area contributed by atoms with Gasteiger partial charge < -0.3 is 14.1 Å². The van der Waals surface area contributed by atoms with E-state index in [0.717, 1.165) is 41.0 Å². The number of morpholine rings is 1. The Morgan fingerprint density at radius 3 is 2.45 bits per heavy atom. The summed E-state index contributed by atoms with van der Waals surface area (Å²) in [4.78, 5) is 20.2. The number of ether oxygens (including phenoxy) is 1. The molecule has 0 bridgehead atoms. The molecule has 0 amide bonds. The van der Waals surface area contributed by atoms with Crippen molar-refractivity contribution in [2.45, 2.75) is 4.30 Å². The minimum absolute atomic E-state index is 0.536. The second kappa shape index (κ2) is 9.09. The Morgan fingerprint density at radius 1 is 0.966 bits per heavy atom. The minimum atomic E-state index is -0.750. The van der Waals surface area contributed by atoms with Crippen molar-refractivity contribution < 1.29 is 9.15 Å². The minimum Gasteiger partial charge on any atom is -0.434 e. The van der Waals surface area contributed by atoms with Gasteiger partial charge in [-0.2, -0.15) is 0 Å². The first-order chi connectivity index (χ1) is 14.1. The average Bonchev–Trinajstić information content (AvgIpc) is 3.19. The summed E-state index contributed by atoms with van der Waals surface area (Å²) >= 11 is 14.4. The quantitative estimate of drug-likeness (QED) is 0.409. The van der Waals surface area contributed by atoms with Gasteiger partial charge in [-0.25, -0.2) is 9.97 Å². The van der Waals surface area contributed by atoms with E-state index in [9.17, 15) is 0 Å². The van der Waals surface area contributed by atoms with Gasteiger partial charge in [-0.3, -0.25) is 9.97 Å². The van der Waals surface area contributed by atoms with E-state index < -0.39 is 4.30 Å². The summed E-state index contributed by atoms with van der Waals surface area (Å²) in [6.45, 7) is 3.04. The number of alkyl halides is 3. The van der Waals surface area contributed by atoms with Crippen molar-refractivity contribution in [1.29, 1.82) is 0 Å². The number of fused-ring (bicyclic) bond motifs is 3. The van der Waals surface area contributed by atoms with Crippen LogP contribution in [0.2, 0.25) is 0 Å². The first kappa shape index (κ1) is 20.1. The lowest BCUT2D eigenvalue weighted by atomic mass is 10.2. The zero-order valence-electron chi connectivity index (χ0n) is 15.1. The Balaban J connectivity index is 0.000000472. The fraction of sp³-hybridized carbons (Fsp3) is 0.263. The number of halogens is 3. The van der Waals surface area contributed by atoms with E-state index in [1.54, 1.807) is 18.6 Å². The van der Waals surface area contributed by atoms with Crippen LogP contribution in [0.25, 0.3) is 33.6 Å². The third-order valence-electron chi connectivity index (χ3n) is 4.30. The first-order valence-electron chi connectivity index (χ1n) is 8.83. The van der Waals surface area contributed by atoms with Crippen molar-refractivity contribution in [3.05, 3.63) is 42.9 Å². The van der Waals surface area contributed by atoms with Crippen LogP contribution in [-0.2, 0) is 4.74 Å². The molecule has 1 aromatic carbocycles. The molecule has 1 fully saturated rings. The first-order valence-corrected chi connectivity index (χ1v) is 10.1. The molecule has 4 heterocycles. The summed E-state index contributed by atoms with van der Waals surface area (Å²) in [5, 5.41) is 0. The molecule has 1 aliphatic heterocycles. The van der Waals surface area contributed by atoms with E-state index in [0.29, 0.717) is 24.7 Å².